The van der Waals surface area contributed by atoms with E-state index in [0.29, 0.717) is 16.1 Å². The number of anilines is 1. The Morgan fingerprint density at radius 2 is 1.53 bits per heavy atom. The molecular formula is C29H30Cl2N2O. The van der Waals surface area contributed by atoms with Gasteiger partial charge in [-0.3, -0.25) is 4.90 Å². The molecule has 0 spiro atoms. The molecule has 0 unspecified atom stereocenters. The summed E-state index contributed by atoms with van der Waals surface area (Å²) in [4.78, 5) is 5.00. The molecule has 3 aromatic carbocycles. The number of nitrogens with zero attached hydrogens (tertiary/aromatic N) is 2. The van der Waals surface area contributed by atoms with Crippen molar-refractivity contribution >= 4 is 40.0 Å². The molecule has 34 heavy (non-hydrogen) atoms. The number of hydrogen-bond donors (Lipinski definition) is 1. The number of rotatable bonds is 4. The molecule has 2 aliphatic rings. The number of phenols is 1. The van der Waals surface area contributed by atoms with E-state index >= 15 is 0 Å². The number of allylic oxidation sites excluding steroid dienone is 1. The highest BCUT2D eigenvalue weighted by Crippen LogP contribution is 2.44. The molecule has 0 saturated carbocycles. The van der Waals surface area contributed by atoms with Crippen molar-refractivity contribution in [1.29, 1.82) is 0 Å². The van der Waals surface area contributed by atoms with E-state index in [0.717, 1.165) is 61.3 Å². The Hall–Kier alpha value is -2.46. The Kier molecular flexibility index (Phi) is 6.61. The van der Waals surface area contributed by atoms with E-state index in [1.165, 1.54) is 16.8 Å². The Labute approximate surface area is 212 Å². The third-order valence-electron chi connectivity index (χ3n) is 7.13. The van der Waals surface area contributed by atoms with Crippen LogP contribution in [0.25, 0.3) is 11.1 Å². The monoisotopic (exact) mass is 492 g/mol. The lowest BCUT2D eigenvalue weighted by Crippen LogP contribution is -2.48. The van der Waals surface area contributed by atoms with Crippen LogP contribution in [-0.2, 0) is 6.42 Å². The minimum Gasteiger partial charge on any atom is -0.508 e. The molecule has 1 fully saturated rings. The molecule has 1 aliphatic carbocycles. The first-order valence-corrected chi connectivity index (χ1v) is 12.8. The smallest absolute Gasteiger partial charge is 0.116 e. The predicted molar refractivity (Wildman–Crippen MR) is 144 cm³/mol. The van der Waals surface area contributed by atoms with Crippen molar-refractivity contribution in [2.24, 2.45) is 0 Å². The molecular weight excluding hydrogens is 463 g/mol. The van der Waals surface area contributed by atoms with Gasteiger partial charge in [-0.2, -0.15) is 0 Å². The summed E-state index contributed by atoms with van der Waals surface area (Å²) in [6.07, 6.45) is 1.79. The summed E-state index contributed by atoms with van der Waals surface area (Å²) in [5.74, 6) is 0.277. The van der Waals surface area contributed by atoms with E-state index in [2.05, 4.69) is 47.9 Å². The standard InChI is InChI=1S/C29H30Cl2N2O/c1-19(2)32-13-15-33(16-14-32)23-8-3-21(4-9-23)29-26(25-12-7-22(30)17-28(25)31)11-6-20-5-10-24(34)18-27(20)29/h3-5,7-10,12,17-19,34H,6,11,13-16H2,1-2H3. The Morgan fingerprint density at radius 1 is 0.794 bits per heavy atom. The van der Waals surface area contributed by atoms with Gasteiger partial charge in [0.15, 0.2) is 0 Å². The van der Waals surface area contributed by atoms with Crippen LogP contribution in [0.4, 0.5) is 5.69 Å². The van der Waals surface area contributed by atoms with Crippen LogP contribution in [0, 0.1) is 0 Å². The molecule has 1 aliphatic heterocycles. The SMILES string of the molecule is CC(C)N1CCN(c2ccc(C3=C(c4ccc(Cl)cc4Cl)CCc4ccc(O)cc43)cc2)CC1. The maximum absolute atomic E-state index is 10.3. The molecule has 5 rings (SSSR count). The second-order valence-electron chi connectivity index (χ2n) is 9.48. The van der Waals surface area contributed by atoms with Crippen molar-refractivity contribution < 1.29 is 5.11 Å². The molecule has 1 N–H and O–H groups in total. The number of piperazine rings is 1. The van der Waals surface area contributed by atoms with Gasteiger partial charge >= 0.3 is 0 Å². The number of benzene rings is 3. The zero-order valence-electron chi connectivity index (χ0n) is 19.7. The van der Waals surface area contributed by atoms with Crippen molar-refractivity contribution in [3.8, 4) is 5.75 Å². The van der Waals surface area contributed by atoms with E-state index in [-0.39, 0.29) is 5.75 Å². The van der Waals surface area contributed by atoms with Crippen molar-refractivity contribution in [1.82, 2.24) is 4.90 Å². The van der Waals surface area contributed by atoms with Gasteiger partial charge in [0.25, 0.3) is 0 Å². The van der Waals surface area contributed by atoms with Gasteiger partial charge in [0.1, 0.15) is 5.75 Å². The molecule has 3 aromatic rings. The highest BCUT2D eigenvalue weighted by molar-refractivity contribution is 6.36. The lowest BCUT2D eigenvalue weighted by molar-refractivity contribution is 0.209. The average Bonchev–Trinajstić information content (AvgIpc) is 2.84. The lowest BCUT2D eigenvalue weighted by Gasteiger charge is -2.38. The van der Waals surface area contributed by atoms with Gasteiger partial charge in [-0.05, 0) is 96.5 Å². The van der Waals surface area contributed by atoms with E-state index < -0.39 is 0 Å². The number of fused-ring (bicyclic) bond motifs is 1. The first-order valence-electron chi connectivity index (χ1n) is 12.0. The van der Waals surface area contributed by atoms with Crippen LogP contribution in [0.5, 0.6) is 5.75 Å². The normalized spacial score (nSPS) is 16.8. The van der Waals surface area contributed by atoms with Crippen LogP contribution in [0.3, 0.4) is 0 Å². The fourth-order valence-corrected chi connectivity index (χ4v) is 5.75. The van der Waals surface area contributed by atoms with Gasteiger partial charge in [-0.1, -0.05) is 47.5 Å². The van der Waals surface area contributed by atoms with Crippen LogP contribution in [0.15, 0.2) is 60.7 Å². The average molecular weight is 493 g/mol. The van der Waals surface area contributed by atoms with Crippen LogP contribution in [0.1, 0.15) is 42.5 Å². The van der Waals surface area contributed by atoms with E-state index in [1.807, 2.05) is 24.3 Å². The fourth-order valence-electron chi connectivity index (χ4n) is 5.23. The summed E-state index contributed by atoms with van der Waals surface area (Å²) in [6, 6.07) is 20.9. The molecule has 3 nitrogen and oxygen atoms in total. The third kappa shape index (κ3) is 4.57. The van der Waals surface area contributed by atoms with E-state index in [4.69, 9.17) is 23.2 Å². The Morgan fingerprint density at radius 3 is 2.21 bits per heavy atom. The summed E-state index contributed by atoms with van der Waals surface area (Å²) < 4.78 is 0. The van der Waals surface area contributed by atoms with Gasteiger partial charge in [-0.15, -0.1) is 0 Å². The molecule has 0 atom stereocenters. The number of halogens is 2. The molecule has 0 radical (unpaired) electrons. The zero-order valence-corrected chi connectivity index (χ0v) is 21.2. The molecule has 1 heterocycles. The summed E-state index contributed by atoms with van der Waals surface area (Å²) in [6.45, 7) is 8.81. The first kappa shape index (κ1) is 23.3. The maximum Gasteiger partial charge on any atom is 0.116 e. The minimum absolute atomic E-state index is 0.277. The van der Waals surface area contributed by atoms with Gasteiger partial charge in [0.2, 0.25) is 0 Å². The zero-order chi connectivity index (χ0) is 23.8. The van der Waals surface area contributed by atoms with Crippen molar-refractivity contribution in [2.75, 3.05) is 31.1 Å². The quantitative estimate of drug-likeness (QED) is 0.419. The van der Waals surface area contributed by atoms with Gasteiger partial charge in [0.05, 0.1) is 0 Å². The third-order valence-corrected chi connectivity index (χ3v) is 7.68. The van der Waals surface area contributed by atoms with E-state index in [1.54, 1.807) is 12.1 Å². The highest BCUT2D eigenvalue weighted by Gasteiger charge is 2.24. The Balaban J connectivity index is 1.55. The van der Waals surface area contributed by atoms with E-state index in [9.17, 15) is 5.11 Å². The molecule has 0 bridgehead atoms. The van der Waals surface area contributed by atoms with Crippen LogP contribution in [0.2, 0.25) is 10.0 Å². The summed E-state index contributed by atoms with van der Waals surface area (Å²) in [5, 5.41) is 11.6. The van der Waals surface area contributed by atoms with Crippen LogP contribution in [-0.4, -0.2) is 42.2 Å². The number of phenolic OH excluding ortho intramolecular Hbond substituents is 1. The van der Waals surface area contributed by atoms with Crippen molar-refractivity contribution in [3.63, 3.8) is 0 Å². The topological polar surface area (TPSA) is 26.7 Å². The Bertz CT molecular complexity index is 1230. The largest absolute Gasteiger partial charge is 0.508 e. The summed E-state index contributed by atoms with van der Waals surface area (Å²) in [7, 11) is 0. The second kappa shape index (κ2) is 9.65. The second-order valence-corrected chi connectivity index (χ2v) is 10.3. The van der Waals surface area contributed by atoms with Crippen LogP contribution >= 0.6 is 23.2 Å². The predicted octanol–water partition coefficient (Wildman–Crippen LogP) is 7.13. The molecule has 176 valence electrons. The number of aromatic hydroxyl groups is 1. The van der Waals surface area contributed by atoms with Gasteiger partial charge < -0.3 is 10.0 Å². The minimum atomic E-state index is 0.277. The maximum atomic E-state index is 10.3. The van der Waals surface area contributed by atoms with Gasteiger partial charge in [-0.25, -0.2) is 0 Å². The number of hydrogen-bond acceptors (Lipinski definition) is 3. The molecule has 1 saturated heterocycles. The summed E-state index contributed by atoms with van der Waals surface area (Å²) in [5.41, 5.74) is 8.04. The number of aryl methyl sites for hydroxylation is 1. The van der Waals surface area contributed by atoms with Crippen molar-refractivity contribution in [2.45, 2.75) is 32.7 Å². The highest BCUT2D eigenvalue weighted by atomic mass is 35.5. The molecule has 0 aromatic heterocycles. The molecule has 5 heteroatoms. The summed E-state index contributed by atoms with van der Waals surface area (Å²) >= 11 is 12.8. The fraction of sp³-hybridized carbons (Fsp3) is 0.310. The molecule has 0 amide bonds. The van der Waals surface area contributed by atoms with Crippen molar-refractivity contribution in [3.05, 3.63) is 93.0 Å². The van der Waals surface area contributed by atoms with Crippen LogP contribution < -0.4 is 4.90 Å². The first-order chi connectivity index (χ1) is 16.4. The van der Waals surface area contributed by atoms with Gasteiger partial charge in [0, 0.05) is 48.0 Å². The lowest BCUT2D eigenvalue weighted by atomic mass is 9.79.